The first-order valence-corrected chi connectivity index (χ1v) is 7.50. The minimum atomic E-state index is -0.975. The van der Waals surface area contributed by atoms with Crippen LogP contribution < -0.4 is 5.73 Å². The van der Waals surface area contributed by atoms with Gasteiger partial charge in [0.1, 0.15) is 17.5 Å². The molecule has 1 atom stereocenters. The largest absolute Gasteiger partial charge is 0.466 e. The maximum Gasteiger partial charge on any atom is 0.307 e. The molecule has 0 aromatic heterocycles. The monoisotopic (exact) mass is 337 g/mol. The molecule has 2 N–H and O–H groups in total. The van der Waals surface area contributed by atoms with Gasteiger partial charge in [0.2, 0.25) is 0 Å². The van der Waals surface area contributed by atoms with Crippen molar-refractivity contribution in [3.8, 4) is 11.1 Å². The molecule has 0 aliphatic heterocycles. The molecule has 0 fully saturated rings. The van der Waals surface area contributed by atoms with Crippen LogP contribution in [0.5, 0.6) is 0 Å². The van der Waals surface area contributed by atoms with E-state index in [1.165, 1.54) is 25.1 Å². The lowest BCUT2D eigenvalue weighted by Gasteiger charge is -2.16. The molecule has 2 aromatic carbocycles. The minimum absolute atomic E-state index is 0.0145. The van der Waals surface area contributed by atoms with Crippen LogP contribution in [0.4, 0.5) is 13.2 Å². The molecule has 0 amide bonds. The molecule has 0 saturated carbocycles. The van der Waals surface area contributed by atoms with Gasteiger partial charge in [0.15, 0.2) is 0 Å². The molecular weight excluding hydrogens is 319 g/mol. The number of hydrogen-bond acceptors (Lipinski definition) is 3. The molecule has 0 bridgehead atoms. The molecule has 2 aromatic rings. The van der Waals surface area contributed by atoms with E-state index in [-0.39, 0.29) is 35.3 Å². The zero-order chi connectivity index (χ0) is 17.9. The second-order valence-electron chi connectivity index (χ2n) is 5.41. The van der Waals surface area contributed by atoms with Crippen molar-refractivity contribution in [1.29, 1.82) is 0 Å². The number of esters is 1. The van der Waals surface area contributed by atoms with Crippen molar-refractivity contribution in [2.45, 2.75) is 26.3 Å². The Morgan fingerprint density at radius 3 is 2.42 bits per heavy atom. The lowest BCUT2D eigenvalue weighted by Crippen LogP contribution is -2.19. The second-order valence-corrected chi connectivity index (χ2v) is 5.41. The lowest BCUT2D eigenvalue weighted by molar-refractivity contribution is -0.143. The number of aryl methyl sites for hydroxylation is 1. The van der Waals surface area contributed by atoms with Crippen molar-refractivity contribution in [3.05, 3.63) is 58.9 Å². The number of halogens is 3. The fraction of sp³-hybridized carbons (Fsp3) is 0.278. The molecule has 3 nitrogen and oxygen atoms in total. The number of benzene rings is 2. The van der Waals surface area contributed by atoms with E-state index in [0.29, 0.717) is 0 Å². The summed E-state index contributed by atoms with van der Waals surface area (Å²) in [6.45, 7) is 3.31. The fourth-order valence-electron chi connectivity index (χ4n) is 2.49. The molecule has 6 heteroatoms. The summed E-state index contributed by atoms with van der Waals surface area (Å²) in [4.78, 5) is 11.5. The number of nitrogens with two attached hydrogens (primary N) is 1. The number of carbonyl (C=O) groups excluding carboxylic acids is 1. The van der Waals surface area contributed by atoms with E-state index in [9.17, 15) is 18.0 Å². The molecule has 24 heavy (non-hydrogen) atoms. The van der Waals surface area contributed by atoms with E-state index in [1.54, 1.807) is 6.92 Å². The van der Waals surface area contributed by atoms with Crippen LogP contribution in [-0.2, 0) is 9.53 Å². The van der Waals surface area contributed by atoms with Gasteiger partial charge in [-0.15, -0.1) is 0 Å². The Hall–Kier alpha value is -2.34. The molecule has 0 saturated heterocycles. The number of rotatable bonds is 5. The lowest BCUT2D eigenvalue weighted by atomic mass is 9.94. The van der Waals surface area contributed by atoms with Crippen LogP contribution in [0, 0.1) is 24.4 Å². The zero-order valence-corrected chi connectivity index (χ0v) is 13.4. The van der Waals surface area contributed by atoms with Crippen molar-refractivity contribution < 1.29 is 22.7 Å². The Morgan fingerprint density at radius 1 is 1.21 bits per heavy atom. The van der Waals surface area contributed by atoms with Gasteiger partial charge in [-0.25, -0.2) is 13.2 Å². The van der Waals surface area contributed by atoms with E-state index in [4.69, 9.17) is 10.5 Å². The third-order valence-electron chi connectivity index (χ3n) is 3.63. The number of hydrogen-bond donors (Lipinski definition) is 1. The number of carbonyl (C=O) groups is 1. The highest BCUT2D eigenvalue weighted by Crippen LogP contribution is 2.31. The molecule has 128 valence electrons. The summed E-state index contributed by atoms with van der Waals surface area (Å²) in [5.41, 5.74) is 6.00. The smallest absolute Gasteiger partial charge is 0.307 e. The quantitative estimate of drug-likeness (QED) is 0.838. The molecule has 0 aliphatic carbocycles. The molecule has 0 unspecified atom stereocenters. The Labute approximate surface area is 138 Å². The summed E-state index contributed by atoms with van der Waals surface area (Å²) in [5.74, 6) is -2.69. The standard InChI is InChI=1S/C18H18F3NO2/c1-3-24-16(23)9-15(22)12-8-11(7-10(2)18(12)21)17-13(19)5-4-6-14(17)20/h4-8,15H,3,9,22H2,1-2H3/t15-/m0/s1. The van der Waals surface area contributed by atoms with Crippen molar-refractivity contribution in [3.63, 3.8) is 0 Å². The first-order chi connectivity index (χ1) is 11.3. The van der Waals surface area contributed by atoms with Crippen LogP contribution in [-0.4, -0.2) is 12.6 Å². The van der Waals surface area contributed by atoms with Gasteiger partial charge in [0.05, 0.1) is 18.6 Å². The van der Waals surface area contributed by atoms with Gasteiger partial charge < -0.3 is 10.5 Å². The van der Waals surface area contributed by atoms with Crippen LogP contribution in [0.15, 0.2) is 30.3 Å². The maximum absolute atomic E-state index is 14.4. The highest BCUT2D eigenvalue weighted by atomic mass is 19.1. The van der Waals surface area contributed by atoms with Gasteiger partial charge in [-0.2, -0.15) is 0 Å². The average molecular weight is 337 g/mol. The van der Waals surface area contributed by atoms with Crippen LogP contribution in [0.25, 0.3) is 11.1 Å². The zero-order valence-electron chi connectivity index (χ0n) is 13.4. The van der Waals surface area contributed by atoms with Crippen LogP contribution in [0.1, 0.15) is 30.5 Å². The SMILES string of the molecule is CCOC(=O)C[C@H](N)c1cc(-c2c(F)cccc2F)cc(C)c1F. The summed E-state index contributed by atoms with van der Waals surface area (Å²) in [6, 6.07) is 5.13. The summed E-state index contributed by atoms with van der Waals surface area (Å²) in [7, 11) is 0. The van der Waals surface area contributed by atoms with Gasteiger partial charge >= 0.3 is 5.97 Å². The van der Waals surface area contributed by atoms with Gasteiger partial charge in [-0.05, 0) is 49.2 Å². The Bertz CT molecular complexity index is 742. The summed E-state index contributed by atoms with van der Waals surface area (Å²) >= 11 is 0. The molecule has 0 aliphatic rings. The van der Waals surface area contributed by atoms with Crippen LogP contribution >= 0.6 is 0 Å². The first-order valence-electron chi connectivity index (χ1n) is 7.50. The molecule has 0 radical (unpaired) electrons. The first kappa shape index (κ1) is 18.0. The van der Waals surface area contributed by atoms with Crippen molar-refractivity contribution in [2.75, 3.05) is 6.61 Å². The Morgan fingerprint density at radius 2 is 1.83 bits per heavy atom. The predicted molar refractivity (Wildman–Crippen MR) is 84.7 cm³/mol. The van der Waals surface area contributed by atoms with Gasteiger partial charge in [-0.3, -0.25) is 4.79 Å². The van der Waals surface area contributed by atoms with E-state index >= 15 is 0 Å². The van der Waals surface area contributed by atoms with E-state index in [2.05, 4.69) is 0 Å². The fourth-order valence-corrected chi connectivity index (χ4v) is 2.49. The molecule has 2 rings (SSSR count). The van der Waals surface area contributed by atoms with Crippen molar-refractivity contribution >= 4 is 5.97 Å². The van der Waals surface area contributed by atoms with Crippen molar-refractivity contribution in [2.24, 2.45) is 5.73 Å². The summed E-state index contributed by atoms with van der Waals surface area (Å²) in [6.07, 6.45) is -0.229. The third kappa shape index (κ3) is 3.76. The van der Waals surface area contributed by atoms with E-state index in [1.807, 2.05) is 0 Å². The average Bonchev–Trinajstić information content (AvgIpc) is 2.50. The Kier molecular flexibility index (Phi) is 5.62. The van der Waals surface area contributed by atoms with Gasteiger partial charge in [-0.1, -0.05) is 6.07 Å². The highest BCUT2D eigenvalue weighted by Gasteiger charge is 2.21. The van der Waals surface area contributed by atoms with E-state index in [0.717, 1.165) is 12.1 Å². The minimum Gasteiger partial charge on any atom is -0.466 e. The summed E-state index contributed by atoms with van der Waals surface area (Å²) in [5, 5.41) is 0. The summed E-state index contributed by atoms with van der Waals surface area (Å²) < 4.78 is 47.1. The van der Waals surface area contributed by atoms with Gasteiger partial charge in [0, 0.05) is 11.6 Å². The molecule has 0 heterocycles. The van der Waals surface area contributed by atoms with Gasteiger partial charge in [0.25, 0.3) is 0 Å². The topological polar surface area (TPSA) is 52.3 Å². The highest BCUT2D eigenvalue weighted by molar-refractivity contribution is 5.71. The van der Waals surface area contributed by atoms with Crippen LogP contribution in [0.2, 0.25) is 0 Å². The van der Waals surface area contributed by atoms with Crippen LogP contribution in [0.3, 0.4) is 0 Å². The molecular formula is C18H18F3NO2. The van der Waals surface area contributed by atoms with Crippen molar-refractivity contribution in [1.82, 2.24) is 0 Å². The Balaban J connectivity index is 2.47. The maximum atomic E-state index is 14.4. The third-order valence-corrected chi connectivity index (χ3v) is 3.63. The van der Waals surface area contributed by atoms with E-state index < -0.39 is 29.5 Å². The second kappa shape index (κ2) is 7.49. The predicted octanol–water partition coefficient (Wildman–Crippen LogP) is 4.03. The normalized spacial score (nSPS) is 12.1. The number of ether oxygens (including phenoxy) is 1. The molecule has 0 spiro atoms.